The van der Waals surface area contributed by atoms with Crippen LogP contribution in [0.15, 0.2) is 0 Å². The quantitative estimate of drug-likeness (QED) is 0.607. The summed E-state index contributed by atoms with van der Waals surface area (Å²) >= 11 is 0. The summed E-state index contributed by atoms with van der Waals surface area (Å²) < 4.78 is 0. The van der Waals surface area contributed by atoms with Gasteiger partial charge in [-0.15, -0.1) is 0 Å². The van der Waals surface area contributed by atoms with Gasteiger partial charge in [0, 0.05) is 89.0 Å². The first-order valence-electron chi connectivity index (χ1n) is 5.64. The van der Waals surface area contributed by atoms with E-state index >= 15 is 0 Å². The van der Waals surface area contributed by atoms with Gasteiger partial charge < -0.3 is 42.1 Å². The fraction of sp³-hybridized carbons (Fsp3) is 0.636. The Morgan fingerprint density at radius 1 is 0.619 bits per heavy atom. The van der Waals surface area contributed by atoms with Gasteiger partial charge in [-0.2, -0.15) is 0 Å². The van der Waals surface area contributed by atoms with Crippen LogP contribution in [0.2, 0.25) is 0 Å². The van der Waals surface area contributed by atoms with Crippen molar-refractivity contribution in [3.8, 4) is 0 Å². The van der Waals surface area contributed by atoms with Crippen molar-refractivity contribution in [1.29, 1.82) is 0 Å². The van der Waals surface area contributed by atoms with E-state index in [4.69, 9.17) is 22.9 Å². The number of hydrogen-bond acceptors (Lipinski definition) is 4. The summed E-state index contributed by atoms with van der Waals surface area (Å²) in [6.45, 7) is 3.32. The van der Waals surface area contributed by atoms with Gasteiger partial charge in [0.25, 0.3) is 0 Å². The van der Waals surface area contributed by atoms with Crippen LogP contribution >= 0.6 is 0 Å². The van der Waals surface area contributed by atoms with Crippen LogP contribution in [0, 0.1) is 0 Å². The number of carbonyl (C=O) groups excluding carboxylic acids is 4. The number of nitrogens with one attached hydrogen (secondary N) is 4. The Hall–Kier alpha value is 0.0878. The van der Waals surface area contributed by atoms with Gasteiger partial charge in [0.05, 0.1) is 0 Å². The molecule has 0 atom stereocenters. The van der Waals surface area contributed by atoms with Gasteiger partial charge in [0.1, 0.15) is 0 Å². The maximum atomic E-state index is 9.92. The second kappa shape index (κ2) is 25.1. The Morgan fingerprint density at radius 2 is 0.810 bits per heavy atom. The molecule has 0 aliphatic rings. The first-order chi connectivity index (χ1) is 8.67. The minimum Gasteiger partial charge on any atom is -0.668 e. The van der Waals surface area contributed by atoms with E-state index in [0.29, 0.717) is 19.3 Å². The van der Waals surface area contributed by atoms with Gasteiger partial charge in [0.15, 0.2) is 0 Å². The van der Waals surface area contributed by atoms with E-state index in [1.807, 2.05) is 0 Å². The van der Waals surface area contributed by atoms with E-state index in [-0.39, 0.29) is 78.3 Å². The number of hydrogen-bond donors (Lipinski definition) is 0. The van der Waals surface area contributed by atoms with Crippen molar-refractivity contribution in [3.05, 3.63) is 22.9 Å². The van der Waals surface area contributed by atoms with Crippen LogP contribution in [0.1, 0.15) is 46.0 Å². The van der Waals surface area contributed by atoms with Crippen molar-refractivity contribution in [2.75, 3.05) is 0 Å². The fourth-order valence-electron chi connectivity index (χ4n) is 0.410. The average Bonchev–Trinajstić information content (AvgIpc) is 2.29. The minimum absolute atomic E-state index is 0. The van der Waals surface area contributed by atoms with Crippen LogP contribution in [0.5, 0.6) is 0 Å². The molecule has 10 heteroatoms. The molecule has 2 radical (unpaired) electrons. The molecule has 4 amide bonds. The van der Waals surface area contributed by atoms with Crippen LogP contribution in [0.3, 0.4) is 0 Å². The fourth-order valence-corrected chi connectivity index (χ4v) is 0.410. The molecule has 0 unspecified atom stereocenters. The van der Waals surface area contributed by atoms with Gasteiger partial charge in [-0.25, -0.2) is 0 Å². The standard InChI is InChI=1S/C5H10N2O2.2C3H7NO.2Y/c6-4(8)2-1-3-5(7)9;2*1-2-3(4)5;;/h1-3H2,(H4,6,7,8,9);2*2H2,1H3,(H2,4,5);;/p-4. The Morgan fingerprint density at radius 3 is 0.905 bits per heavy atom. The molecule has 0 aliphatic heterocycles. The number of rotatable bonds is 6. The van der Waals surface area contributed by atoms with Gasteiger partial charge in [-0.1, -0.05) is 13.8 Å². The molecular weight excluding hydrogens is 430 g/mol. The third kappa shape index (κ3) is 64.6. The zero-order chi connectivity index (χ0) is 15.8. The van der Waals surface area contributed by atoms with Crippen LogP contribution in [0.25, 0.3) is 22.9 Å². The Kier molecular flexibility index (Phi) is 39.2. The predicted molar refractivity (Wildman–Crippen MR) is 71.7 cm³/mol. The summed E-state index contributed by atoms with van der Waals surface area (Å²) in [5.41, 5.74) is 25.2. The second-order valence-corrected chi connectivity index (χ2v) is 3.25. The molecule has 0 saturated carbocycles. The number of amides is 4. The molecular formula is C11H20N4O4Y2-4. The first kappa shape index (κ1) is 32.9. The van der Waals surface area contributed by atoms with Gasteiger partial charge >= 0.3 is 0 Å². The van der Waals surface area contributed by atoms with E-state index in [0.717, 1.165) is 0 Å². The van der Waals surface area contributed by atoms with Crippen LogP contribution in [-0.2, 0) is 84.6 Å². The Balaban J connectivity index is -0.0000000622. The zero-order valence-corrected chi connectivity index (χ0v) is 18.0. The van der Waals surface area contributed by atoms with Gasteiger partial charge in [-0.3, -0.25) is 0 Å². The van der Waals surface area contributed by atoms with Crippen LogP contribution in [-0.4, -0.2) is 23.6 Å². The molecule has 0 aromatic carbocycles. The predicted octanol–water partition coefficient (Wildman–Crippen LogP) is 3.26. The largest absolute Gasteiger partial charge is 0.668 e. The van der Waals surface area contributed by atoms with E-state index in [1.165, 1.54) is 0 Å². The molecule has 0 rings (SSSR count). The topological polar surface area (TPSA) is 163 Å². The van der Waals surface area contributed by atoms with Crippen molar-refractivity contribution in [2.45, 2.75) is 46.0 Å². The molecule has 0 heterocycles. The Labute approximate surface area is 175 Å². The maximum absolute atomic E-state index is 9.92. The van der Waals surface area contributed by atoms with Crippen molar-refractivity contribution in [1.82, 2.24) is 0 Å². The molecule has 8 nitrogen and oxygen atoms in total. The molecule has 118 valence electrons. The number of carbonyl (C=O) groups is 4. The van der Waals surface area contributed by atoms with Gasteiger partial charge in [0.2, 0.25) is 0 Å². The van der Waals surface area contributed by atoms with E-state index in [9.17, 15) is 19.2 Å². The van der Waals surface area contributed by atoms with E-state index in [2.05, 4.69) is 0 Å². The maximum Gasteiger partial charge on any atom is 0.0487 e. The van der Waals surface area contributed by atoms with Crippen LogP contribution < -0.4 is 0 Å². The summed E-state index contributed by atoms with van der Waals surface area (Å²) in [5.74, 6) is -2.33. The first-order valence-corrected chi connectivity index (χ1v) is 5.64. The van der Waals surface area contributed by atoms with Crippen LogP contribution in [0.4, 0.5) is 0 Å². The summed E-state index contributed by atoms with van der Waals surface area (Å²) in [6.07, 6.45) is 1.18. The molecule has 4 N–H and O–H groups in total. The van der Waals surface area contributed by atoms with Crippen molar-refractivity contribution in [3.63, 3.8) is 0 Å². The minimum atomic E-state index is -0.670. The second-order valence-electron chi connectivity index (χ2n) is 3.25. The van der Waals surface area contributed by atoms with Gasteiger partial charge in [-0.05, 0) is 32.1 Å². The molecule has 0 aromatic heterocycles. The van der Waals surface area contributed by atoms with Crippen molar-refractivity contribution in [2.24, 2.45) is 0 Å². The molecule has 0 aromatic rings. The summed E-state index contributed by atoms with van der Waals surface area (Å²) in [4.78, 5) is 38.8. The average molecular weight is 450 g/mol. The zero-order valence-electron chi connectivity index (χ0n) is 12.3. The molecule has 0 aliphatic carbocycles. The third-order valence-electron chi connectivity index (χ3n) is 1.45. The summed E-state index contributed by atoms with van der Waals surface area (Å²) in [7, 11) is 0. The molecule has 0 bridgehead atoms. The van der Waals surface area contributed by atoms with E-state index < -0.39 is 23.6 Å². The smallest absolute Gasteiger partial charge is 0.0487 e. The Bertz CT molecular complexity index is 274. The molecule has 0 fully saturated rings. The molecule has 0 saturated heterocycles. The molecule has 21 heavy (non-hydrogen) atoms. The summed E-state index contributed by atoms with van der Waals surface area (Å²) in [6, 6.07) is 0. The van der Waals surface area contributed by atoms with Crippen molar-refractivity contribution < 1.29 is 84.6 Å². The third-order valence-corrected chi connectivity index (χ3v) is 1.45. The SMILES string of the molecule is CCC([NH-])=O.CCC([NH-])=O.[NH-]C(=O)CCCC([NH-])=O.[Y].[Y]. The molecule has 0 spiro atoms. The normalized spacial score (nSPS) is 7.33. The van der Waals surface area contributed by atoms with E-state index in [1.54, 1.807) is 13.8 Å². The summed E-state index contributed by atoms with van der Waals surface area (Å²) in [5, 5.41) is 0. The monoisotopic (exact) mass is 450 g/mol. The van der Waals surface area contributed by atoms with Crippen molar-refractivity contribution >= 4 is 23.6 Å².